The van der Waals surface area contributed by atoms with Crippen molar-refractivity contribution < 1.29 is 4.39 Å². The van der Waals surface area contributed by atoms with Gasteiger partial charge in [-0.3, -0.25) is 4.99 Å². The molecule has 0 saturated carbocycles. The minimum atomic E-state index is -0.263. The Balaban J connectivity index is 2.14. The van der Waals surface area contributed by atoms with Gasteiger partial charge in [0.15, 0.2) is 0 Å². The van der Waals surface area contributed by atoms with Crippen LogP contribution in [-0.4, -0.2) is 6.21 Å². The van der Waals surface area contributed by atoms with E-state index in [4.69, 9.17) is 5.26 Å². The largest absolute Gasteiger partial charge is 0.256 e. The Morgan fingerprint density at radius 2 is 1.65 bits per heavy atom. The highest BCUT2D eigenvalue weighted by Crippen LogP contribution is 2.12. The van der Waals surface area contributed by atoms with Gasteiger partial charge in [-0.15, -0.1) is 0 Å². The number of nitriles is 1. The van der Waals surface area contributed by atoms with E-state index >= 15 is 0 Å². The molecule has 0 radical (unpaired) electrons. The van der Waals surface area contributed by atoms with Crippen molar-refractivity contribution in [1.29, 1.82) is 5.26 Å². The molecular weight excluding hydrogens is 215 g/mol. The van der Waals surface area contributed by atoms with E-state index in [-0.39, 0.29) is 5.82 Å². The predicted octanol–water partition coefficient (Wildman–Crippen LogP) is 3.45. The fraction of sp³-hybridized carbons (Fsp3) is 0. The molecule has 0 unspecified atom stereocenters. The third kappa shape index (κ3) is 2.99. The predicted molar refractivity (Wildman–Crippen MR) is 64.8 cm³/mol. The molecule has 0 amide bonds. The molecule has 2 nitrogen and oxygen atoms in total. The summed E-state index contributed by atoms with van der Waals surface area (Å²) >= 11 is 0. The topological polar surface area (TPSA) is 36.1 Å². The number of hydrogen-bond donors (Lipinski definition) is 0. The lowest BCUT2D eigenvalue weighted by molar-refractivity contribution is 0.628. The fourth-order valence-electron chi connectivity index (χ4n) is 1.32. The monoisotopic (exact) mass is 224 g/mol. The number of nitrogens with zero attached hydrogens (tertiary/aromatic N) is 2. The maximum atomic E-state index is 12.7. The molecule has 0 aliphatic carbocycles. The number of rotatable bonds is 2. The van der Waals surface area contributed by atoms with E-state index in [0.717, 1.165) is 11.3 Å². The number of benzene rings is 2. The summed E-state index contributed by atoms with van der Waals surface area (Å²) in [6.07, 6.45) is 1.65. The first-order chi connectivity index (χ1) is 8.28. The zero-order valence-corrected chi connectivity index (χ0v) is 8.97. The number of halogens is 1. The van der Waals surface area contributed by atoms with Gasteiger partial charge in [0.05, 0.1) is 17.3 Å². The van der Waals surface area contributed by atoms with Gasteiger partial charge in [-0.2, -0.15) is 5.26 Å². The quantitative estimate of drug-likeness (QED) is 0.719. The summed E-state index contributed by atoms with van der Waals surface area (Å²) in [5.41, 5.74) is 2.19. The van der Waals surface area contributed by atoms with E-state index in [1.54, 1.807) is 42.6 Å². The van der Waals surface area contributed by atoms with E-state index in [1.165, 1.54) is 12.1 Å². The van der Waals surface area contributed by atoms with E-state index < -0.39 is 0 Å². The lowest BCUT2D eigenvalue weighted by atomic mass is 10.2. The molecule has 3 heteroatoms. The van der Waals surface area contributed by atoms with Crippen LogP contribution in [0.15, 0.2) is 53.5 Å². The molecule has 0 spiro atoms. The van der Waals surface area contributed by atoms with Crippen molar-refractivity contribution in [2.75, 3.05) is 0 Å². The molecule has 0 bridgehead atoms. The van der Waals surface area contributed by atoms with Crippen molar-refractivity contribution in [2.45, 2.75) is 0 Å². The number of hydrogen-bond acceptors (Lipinski definition) is 2. The first-order valence-electron chi connectivity index (χ1n) is 5.08. The van der Waals surface area contributed by atoms with Crippen LogP contribution in [0.4, 0.5) is 10.1 Å². The zero-order chi connectivity index (χ0) is 12.1. The molecule has 0 atom stereocenters. The molecule has 0 fully saturated rings. The summed E-state index contributed by atoms with van der Waals surface area (Å²) in [4.78, 5) is 4.22. The van der Waals surface area contributed by atoms with Gasteiger partial charge in [-0.1, -0.05) is 12.1 Å². The van der Waals surface area contributed by atoms with Crippen LogP contribution in [0, 0.1) is 17.1 Å². The molecule has 0 aromatic heterocycles. The van der Waals surface area contributed by atoms with Crippen molar-refractivity contribution in [2.24, 2.45) is 4.99 Å². The average Bonchev–Trinajstić information content (AvgIpc) is 2.39. The summed E-state index contributed by atoms with van der Waals surface area (Å²) in [6.45, 7) is 0. The minimum Gasteiger partial charge on any atom is -0.256 e. The number of aliphatic imine (C=N–C) groups is 1. The lowest BCUT2D eigenvalue weighted by Crippen LogP contribution is -1.81. The molecule has 0 heterocycles. The SMILES string of the molecule is N#Cc1ccc(/N=C/c2ccc(F)cc2)cc1. The second-order valence-electron chi connectivity index (χ2n) is 3.47. The van der Waals surface area contributed by atoms with Crippen LogP contribution >= 0.6 is 0 Å². The minimum absolute atomic E-state index is 0.263. The fourth-order valence-corrected chi connectivity index (χ4v) is 1.32. The first kappa shape index (κ1) is 11.0. The highest BCUT2D eigenvalue weighted by Gasteiger charge is 1.92. The Labute approximate surface area is 98.7 Å². The van der Waals surface area contributed by atoms with Crippen LogP contribution in [-0.2, 0) is 0 Å². The third-order valence-electron chi connectivity index (χ3n) is 2.23. The second kappa shape index (κ2) is 5.04. The summed E-state index contributed by atoms with van der Waals surface area (Å²) in [5.74, 6) is -0.263. The molecule has 82 valence electrons. The molecule has 2 rings (SSSR count). The Hall–Kier alpha value is -2.47. The van der Waals surface area contributed by atoms with E-state index in [2.05, 4.69) is 4.99 Å². The molecule has 0 aliphatic heterocycles. The zero-order valence-electron chi connectivity index (χ0n) is 8.97. The normalized spacial score (nSPS) is 10.4. The molecule has 17 heavy (non-hydrogen) atoms. The molecule has 2 aromatic carbocycles. The smallest absolute Gasteiger partial charge is 0.123 e. The van der Waals surface area contributed by atoms with Gasteiger partial charge in [0.25, 0.3) is 0 Å². The van der Waals surface area contributed by atoms with Crippen LogP contribution in [0.1, 0.15) is 11.1 Å². The summed E-state index contributed by atoms with van der Waals surface area (Å²) in [5, 5.41) is 8.64. The van der Waals surface area contributed by atoms with E-state index in [1.807, 2.05) is 6.07 Å². The standard InChI is InChI=1S/C14H9FN2/c15-13-5-1-12(2-6-13)10-17-14-7-3-11(9-16)4-8-14/h1-8,10H/b17-10+. The maximum Gasteiger partial charge on any atom is 0.123 e. The van der Waals surface area contributed by atoms with Crippen molar-refractivity contribution in [1.82, 2.24) is 0 Å². The Bertz CT molecular complexity index is 563. The van der Waals surface area contributed by atoms with Crippen molar-refractivity contribution in [3.63, 3.8) is 0 Å². The van der Waals surface area contributed by atoms with Crippen LogP contribution < -0.4 is 0 Å². The van der Waals surface area contributed by atoms with Crippen LogP contribution in [0.25, 0.3) is 0 Å². The summed E-state index contributed by atoms with van der Waals surface area (Å²) < 4.78 is 12.7. The Morgan fingerprint density at radius 1 is 1.00 bits per heavy atom. The van der Waals surface area contributed by atoms with Gasteiger partial charge in [-0.05, 0) is 42.0 Å². The van der Waals surface area contributed by atoms with E-state index in [9.17, 15) is 4.39 Å². The summed E-state index contributed by atoms with van der Waals surface area (Å²) in [7, 11) is 0. The molecule has 0 N–H and O–H groups in total. The lowest BCUT2D eigenvalue weighted by Gasteiger charge is -1.94. The van der Waals surface area contributed by atoms with Gasteiger partial charge in [0, 0.05) is 6.21 Å². The van der Waals surface area contributed by atoms with Gasteiger partial charge < -0.3 is 0 Å². The van der Waals surface area contributed by atoms with Gasteiger partial charge in [0.1, 0.15) is 5.82 Å². The van der Waals surface area contributed by atoms with Gasteiger partial charge >= 0.3 is 0 Å². The van der Waals surface area contributed by atoms with Crippen LogP contribution in [0.5, 0.6) is 0 Å². The average molecular weight is 224 g/mol. The second-order valence-corrected chi connectivity index (χ2v) is 3.47. The first-order valence-corrected chi connectivity index (χ1v) is 5.08. The third-order valence-corrected chi connectivity index (χ3v) is 2.23. The molecular formula is C14H9FN2. The molecule has 0 aliphatic rings. The molecule has 2 aromatic rings. The van der Waals surface area contributed by atoms with Gasteiger partial charge in [0.2, 0.25) is 0 Å². The maximum absolute atomic E-state index is 12.7. The van der Waals surface area contributed by atoms with Crippen molar-refractivity contribution >= 4 is 11.9 Å². The summed E-state index contributed by atoms with van der Waals surface area (Å²) in [6, 6.07) is 15.1. The van der Waals surface area contributed by atoms with Crippen LogP contribution in [0.2, 0.25) is 0 Å². The highest BCUT2D eigenvalue weighted by molar-refractivity contribution is 5.81. The van der Waals surface area contributed by atoms with Crippen molar-refractivity contribution in [3.05, 3.63) is 65.5 Å². The molecule has 0 saturated heterocycles. The van der Waals surface area contributed by atoms with Gasteiger partial charge in [-0.25, -0.2) is 4.39 Å². The highest BCUT2D eigenvalue weighted by atomic mass is 19.1. The Morgan fingerprint density at radius 3 is 2.24 bits per heavy atom. The van der Waals surface area contributed by atoms with Crippen molar-refractivity contribution in [3.8, 4) is 6.07 Å². The Kier molecular flexibility index (Phi) is 3.27. The van der Waals surface area contributed by atoms with E-state index in [0.29, 0.717) is 5.56 Å². The van der Waals surface area contributed by atoms with Crippen LogP contribution in [0.3, 0.4) is 0 Å².